The molecular formula is C32H37F3N2O5S. The standard InChI is InChI=1S/C32H37F3N2O5S/c1-5-21-41-28-14-10-9-13-26(28)23-15-16-29(27(22-23)32(33,34)35)43(39,40)37(24-11-7-6-8-12-24)25-17-19-36(20-18-25)30(38)42-31(2,3)4/h6-16,22,25H,5,17-21H2,1-4H3. The molecule has 11 heteroatoms. The molecule has 0 spiro atoms. The molecule has 1 aliphatic rings. The maximum atomic E-state index is 14.6. The second-order valence-corrected chi connectivity index (χ2v) is 13.2. The van der Waals surface area contributed by atoms with Gasteiger partial charge in [-0.3, -0.25) is 4.31 Å². The summed E-state index contributed by atoms with van der Waals surface area (Å²) in [6.45, 7) is 7.94. The van der Waals surface area contributed by atoms with E-state index in [4.69, 9.17) is 9.47 Å². The lowest BCUT2D eigenvalue weighted by molar-refractivity contribution is -0.139. The summed E-state index contributed by atoms with van der Waals surface area (Å²) in [5.41, 5.74) is -1.10. The summed E-state index contributed by atoms with van der Waals surface area (Å²) >= 11 is 0. The lowest BCUT2D eigenvalue weighted by atomic mass is 10.0. The van der Waals surface area contributed by atoms with Crippen molar-refractivity contribution in [1.29, 1.82) is 0 Å². The average molecular weight is 619 g/mol. The van der Waals surface area contributed by atoms with Crippen molar-refractivity contribution in [2.75, 3.05) is 24.0 Å². The predicted molar refractivity (Wildman–Crippen MR) is 160 cm³/mol. The van der Waals surface area contributed by atoms with Crippen LogP contribution in [0.5, 0.6) is 5.75 Å². The molecule has 0 N–H and O–H groups in total. The van der Waals surface area contributed by atoms with Gasteiger partial charge < -0.3 is 14.4 Å². The van der Waals surface area contributed by atoms with Gasteiger partial charge in [-0.05, 0) is 75.9 Å². The smallest absolute Gasteiger partial charge is 0.417 e. The highest BCUT2D eigenvalue weighted by atomic mass is 32.2. The predicted octanol–water partition coefficient (Wildman–Crippen LogP) is 7.76. The van der Waals surface area contributed by atoms with Gasteiger partial charge in [0.25, 0.3) is 10.0 Å². The summed E-state index contributed by atoms with van der Waals surface area (Å²) in [5.74, 6) is 0.413. The molecule has 0 bridgehead atoms. The number of amides is 1. The van der Waals surface area contributed by atoms with Crippen LogP contribution in [0.25, 0.3) is 11.1 Å². The van der Waals surface area contributed by atoms with Gasteiger partial charge in [0.1, 0.15) is 11.4 Å². The van der Waals surface area contributed by atoms with Gasteiger partial charge in [0, 0.05) is 24.7 Å². The number of anilines is 1. The number of para-hydroxylation sites is 2. The van der Waals surface area contributed by atoms with Crippen LogP contribution >= 0.6 is 0 Å². The summed E-state index contributed by atoms with van der Waals surface area (Å²) in [5, 5.41) is 0. The summed E-state index contributed by atoms with van der Waals surface area (Å²) in [4.78, 5) is 13.3. The van der Waals surface area contributed by atoms with E-state index in [0.29, 0.717) is 24.3 Å². The van der Waals surface area contributed by atoms with Gasteiger partial charge in [0.2, 0.25) is 0 Å². The Morgan fingerprint density at radius 3 is 2.19 bits per heavy atom. The van der Waals surface area contributed by atoms with Crippen LogP contribution in [0.3, 0.4) is 0 Å². The van der Waals surface area contributed by atoms with Crippen LogP contribution < -0.4 is 9.04 Å². The molecule has 3 aromatic rings. The van der Waals surface area contributed by atoms with Crippen LogP contribution in [0.4, 0.5) is 23.7 Å². The average Bonchev–Trinajstić information content (AvgIpc) is 2.95. The topological polar surface area (TPSA) is 76.2 Å². The lowest BCUT2D eigenvalue weighted by Crippen LogP contribution is -2.50. The first-order valence-corrected chi connectivity index (χ1v) is 15.7. The van der Waals surface area contributed by atoms with Gasteiger partial charge in [-0.1, -0.05) is 49.4 Å². The van der Waals surface area contributed by atoms with E-state index < -0.39 is 44.4 Å². The van der Waals surface area contributed by atoms with Crippen LogP contribution in [0, 0.1) is 0 Å². The molecule has 1 heterocycles. The SMILES string of the molecule is CCCOc1ccccc1-c1ccc(S(=O)(=O)N(c2ccccc2)C2CCN(C(=O)OC(C)(C)C)CC2)c(C(F)(F)F)c1. The van der Waals surface area contributed by atoms with Crippen molar-refractivity contribution >= 4 is 21.8 Å². The maximum Gasteiger partial charge on any atom is 0.417 e. The molecular weight excluding hydrogens is 581 g/mol. The van der Waals surface area contributed by atoms with Crippen LogP contribution in [0.2, 0.25) is 0 Å². The number of carbonyl (C=O) groups excluding carboxylic acids is 1. The van der Waals surface area contributed by atoms with E-state index >= 15 is 0 Å². The lowest BCUT2D eigenvalue weighted by Gasteiger charge is -2.39. The van der Waals surface area contributed by atoms with Crippen molar-refractivity contribution in [1.82, 2.24) is 4.90 Å². The van der Waals surface area contributed by atoms with E-state index in [9.17, 15) is 26.4 Å². The van der Waals surface area contributed by atoms with Gasteiger partial charge in [0.05, 0.1) is 22.8 Å². The molecule has 0 aromatic heterocycles. The van der Waals surface area contributed by atoms with Crippen molar-refractivity contribution in [2.24, 2.45) is 0 Å². The summed E-state index contributed by atoms with van der Waals surface area (Å²) < 4.78 is 84.5. The normalized spacial score (nSPS) is 14.8. The number of carbonyl (C=O) groups is 1. The fraction of sp³-hybridized carbons (Fsp3) is 0.406. The molecule has 1 saturated heterocycles. The first kappa shape index (κ1) is 32.2. The largest absolute Gasteiger partial charge is 0.493 e. The highest BCUT2D eigenvalue weighted by Gasteiger charge is 2.42. The highest BCUT2D eigenvalue weighted by Crippen LogP contribution is 2.41. The number of piperidine rings is 1. The Hall–Kier alpha value is -3.73. The number of sulfonamides is 1. The number of likely N-dealkylation sites (tertiary alicyclic amines) is 1. The second kappa shape index (κ2) is 12.9. The third kappa shape index (κ3) is 7.62. The molecule has 0 atom stereocenters. The number of halogens is 3. The molecule has 1 amide bonds. The number of nitrogens with zero attached hydrogens (tertiary/aromatic N) is 2. The fourth-order valence-corrected chi connectivity index (χ4v) is 6.93. The maximum absolute atomic E-state index is 14.6. The minimum atomic E-state index is -4.96. The third-order valence-electron chi connectivity index (χ3n) is 6.94. The molecule has 1 aliphatic heterocycles. The molecule has 0 aliphatic carbocycles. The minimum Gasteiger partial charge on any atom is -0.493 e. The summed E-state index contributed by atoms with van der Waals surface area (Å²) in [6, 6.07) is 17.4. The number of ether oxygens (including phenoxy) is 2. The molecule has 0 unspecified atom stereocenters. The van der Waals surface area contributed by atoms with Crippen LogP contribution in [0.15, 0.2) is 77.7 Å². The van der Waals surface area contributed by atoms with Crippen LogP contribution in [-0.2, 0) is 20.9 Å². The molecule has 3 aromatic carbocycles. The van der Waals surface area contributed by atoms with Gasteiger partial charge in [0.15, 0.2) is 0 Å². The summed E-state index contributed by atoms with van der Waals surface area (Å²) in [6.07, 6.45) is -4.33. The third-order valence-corrected chi connectivity index (χ3v) is 8.88. The Kier molecular flexibility index (Phi) is 9.63. The quantitative estimate of drug-likeness (QED) is 0.258. The van der Waals surface area contributed by atoms with Crippen LogP contribution in [-0.4, -0.2) is 50.8 Å². The Bertz CT molecular complexity index is 1510. The molecule has 43 heavy (non-hydrogen) atoms. The number of hydrogen-bond donors (Lipinski definition) is 0. The Labute approximate surface area is 251 Å². The molecule has 0 saturated carbocycles. The molecule has 7 nitrogen and oxygen atoms in total. The van der Waals surface area contributed by atoms with Crippen molar-refractivity contribution in [3.8, 4) is 16.9 Å². The number of alkyl halides is 3. The van der Waals surface area contributed by atoms with Crippen molar-refractivity contribution in [2.45, 2.75) is 69.7 Å². The number of benzene rings is 3. The Morgan fingerprint density at radius 2 is 1.58 bits per heavy atom. The van der Waals surface area contributed by atoms with Crippen molar-refractivity contribution < 1.29 is 35.9 Å². The monoisotopic (exact) mass is 618 g/mol. The van der Waals surface area contributed by atoms with Crippen molar-refractivity contribution in [3.05, 3.63) is 78.4 Å². The van der Waals surface area contributed by atoms with E-state index in [-0.39, 0.29) is 37.2 Å². The fourth-order valence-electron chi connectivity index (χ4n) is 5.02. The van der Waals surface area contributed by atoms with Gasteiger partial charge in [-0.2, -0.15) is 13.2 Å². The molecule has 1 fully saturated rings. The van der Waals surface area contributed by atoms with Gasteiger partial charge in [-0.15, -0.1) is 0 Å². The van der Waals surface area contributed by atoms with Crippen molar-refractivity contribution in [3.63, 3.8) is 0 Å². The van der Waals surface area contributed by atoms with Gasteiger partial charge >= 0.3 is 12.3 Å². The Balaban J connectivity index is 1.74. The van der Waals surface area contributed by atoms with E-state index in [1.807, 2.05) is 6.92 Å². The van der Waals surface area contributed by atoms with E-state index in [1.165, 1.54) is 11.0 Å². The molecule has 0 radical (unpaired) electrons. The Morgan fingerprint density at radius 1 is 0.953 bits per heavy atom. The zero-order chi connectivity index (χ0) is 31.4. The highest BCUT2D eigenvalue weighted by molar-refractivity contribution is 7.93. The van der Waals surface area contributed by atoms with Gasteiger partial charge in [-0.25, -0.2) is 13.2 Å². The molecule has 4 rings (SSSR count). The van der Waals surface area contributed by atoms with E-state index in [1.54, 1.807) is 75.4 Å². The van der Waals surface area contributed by atoms with E-state index in [2.05, 4.69) is 0 Å². The first-order chi connectivity index (χ1) is 20.2. The molecule has 232 valence electrons. The summed E-state index contributed by atoms with van der Waals surface area (Å²) in [7, 11) is -4.71. The second-order valence-electron chi connectivity index (χ2n) is 11.4. The zero-order valence-electron chi connectivity index (χ0n) is 24.7. The zero-order valence-corrected chi connectivity index (χ0v) is 25.5. The number of hydrogen-bond acceptors (Lipinski definition) is 5. The van der Waals surface area contributed by atoms with E-state index in [0.717, 1.165) is 16.4 Å². The first-order valence-electron chi connectivity index (χ1n) is 14.2. The minimum absolute atomic E-state index is 0.190. The van der Waals surface area contributed by atoms with Crippen LogP contribution in [0.1, 0.15) is 52.5 Å². The number of rotatable bonds is 8.